The summed E-state index contributed by atoms with van der Waals surface area (Å²) in [6.45, 7) is 2.58. The molecule has 1 atom stereocenters. The van der Waals surface area contributed by atoms with E-state index in [2.05, 4.69) is 5.10 Å². The summed E-state index contributed by atoms with van der Waals surface area (Å²) in [5.41, 5.74) is 0.711. The third-order valence-electron chi connectivity index (χ3n) is 4.54. The number of carbonyl (C=O) groups excluding carboxylic acids is 2. The summed E-state index contributed by atoms with van der Waals surface area (Å²) in [5.74, 6) is 0.191. The van der Waals surface area contributed by atoms with Crippen molar-refractivity contribution < 1.29 is 14.3 Å². The molecular weight excluding hydrogens is 330 g/mol. The molecule has 1 aromatic carbocycles. The molecule has 1 aromatic heterocycles. The van der Waals surface area contributed by atoms with Crippen LogP contribution in [0.2, 0.25) is 0 Å². The molecule has 6 nitrogen and oxygen atoms in total. The minimum absolute atomic E-state index is 0.0488. The molecule has 1 unspecified atom stereocenters. The number of Topliss-reactive ketones (excluding diaryl/α,β-unsaturated/α-hetero) is 1. The lowest BCUT2D eigenvalue weighted by Gasteiger charge is -2.24. The Bertz CT molecular complexity index is 700. The fourth-order valence-corrected chi connectivity index (χ4v) is 3.18. The molecule has 0 N–H and O–H groups in total. The Morgan fingerprint density at radius 1 is 1.15 bits per heavy atom. The van der Waals surface area contributed by atoms with E-state index in [0.717, 1.165) is 6.42 Å². The average molecular weight is 355 g/mol. The predicted octanol–water partition coefficient (Wildman–Crippen LogP) is 2.55. The SMILES string of the molecule is O=C(CCCC(=O)N1CCCOC(Cn2cccn2)C1)c1ccccc1. The fraction of sp³-hybridized carbons (Fsp3) is 0.450. The predicted molar refractivity (Wildman–Crippen MR) is 97.8 cm³/mol. The second kappa shape index (κ2) is 9.29. The van der Waals surface area contributed by atoms with Crippen LogP contribution >= 0.6 is 0 Å². The van der Waals surface area contributed by atoms with Crippen molar-refractivity contribution in [1.29, 1.82) is 0 Å². The van der Waals surface area contributed by atoms with Gasteiger partial charge in [0.15, 0.2) is 5.78 Å². The topological polar surface area (TPSA) is 64.4 Å². The quantitative estimate of drug-likeness (QED) is 0.716. The third-order valence-corrected chi connectivity index (χ3v) is 4.54. The molecule has 0 bridgehead atoms. The zero-order valence-corrected chi connectivity index (χ0v) is 14.9. The minimum Gasteiger partial charge on any atom is -0.374 e. The number of amides is 1. The third kappa shape index (κ3) is 5.26. The smallest absolute Gasteiger partial charge is 0.222 e. The molecule has 2 aromatic rings. The molecule has 26 heavy (non-hydrogen) atoms. The van der Waals surface area contributed by atoms with Crippen LogP contribution in [0.15, 0.2) is 48.8 Å². The highest BCUT2D eigenvalue weighted by Crippen LogP contribution is 2.12. The summed E-state index contributed by atoms with van der Waals surface area (Å²) in [6, 6.07) is 11.1. The van der Waals surface area contributed by atoms with Gasteiger partial charge in [-0.15, -0.1) is 0 Å². The van der Waals surface area contributed by atoms with Crippen molar-refractivity contribution >= 4 is 11.7 Å². The van der Waals surface area contributed by atoms with E-state index in [1.165, 1.54) is 0 Å². The van der Waals surface area contributed by atoms with Crippen LogP contribution in [0.3, 0.4) is 0 Å². The Balaban J connectivity index is 1.46. The lowest BCUT2D eigenvalue weighted by Crippen LogP contribution is -2.38. The first-order valence-corrected chi connectivity index (χ1v) is 9.17. The van der Waals surface area contributed by atoms with Gasteiger partial charge in [0.25, 0.3) is 0 Å². The lowest BCUT2D eigenvalue weighted by atomic mass is 10.1. The fourth-order valence-electron chi connectivity index (χ4n) is 3.18. The van der Waals surface area contributed by atoms with Gasteiger partial charge >= 0.3 is 0 Å². The Morgan fingerprint density at radius 3 is 2.77 bits per heavy atom. The second-order valence-electron chi connectivity index (χ2n) is 6.56. The summed E-state index contributed by atoms with van der Waals surface area (Å²) in [6.07, 6.45) is 5.80. The van der Waals surface area contributed by atoms with Gasteiger partial charge in [-0.05, 0) is 18.9 Å². The average Bonchev–Trinajstić information content (AvgIpc) is 3.06. The first kappa shape index (κ1) is 18.3. The molecule has 1 saturated heterocycles. The first-order valence-electron chi connectivity index (χ1n) is 9.17. The summed E-state index contributed by atoms with van der Waals surface area (Å²) in [7, 11) is 0. The maximum absolute atomic E-state index is 12.6. The number of hydrogen-bond donors (Lipinski definition) is 0. The Kier molecular flexibility index (Phi) is 6.55. The standard InChI is InChI=1S/C20H25N3O3/c24-19(17-7-2-1-3-8-17)9-4-10-20(25)22-12-6-14-26-18(15-22)16-23-13-5-11-21-23/h1-3,5,7-8,11,13,18H,4,6,9-10,12,14-16H2. The van der Waals surface area contributed by atoms with Gasteiger partial charge < -0.3 is 9.64 Å². The van der Waals surface area contributed by atoms with Gasteiger partial charge in [0.05, 0.1) is 12.6 Å². The van der Waals surface area contributed by atoms with E-state index in [-0.39, 0.29) is 17.8 Å². The van der Waals surface area contributed by atoms with Gasteiger partial charge in [-0.25, -0.2) is 0 Å². The molecule has 0 radical (unpaired) electrons. The number of ketones is 1. The molecule has 0 spiro atoms. The number of rotatable bonds is 7. The highest BCUT2D eigenvalue weighted by molar-refractivity contribution is 5.96. The van der Waals surface area contributed by atoms with Crippen molar-refractivity contribution in [2.24, 2.45) is 0 Å². The number of benzene rings is 1. The van der Waals surface area contributed by atoms with Crippen LogP contribution in [-0.2, 0) is 16.1 Å². The Labute approximate surface area is 153 Å². The maximum atomic E-state index is 12.6. The number of aromatic nitrogens is 2. The number of carbonyl (C=O) groups is 2. The zero-order valence-electron chi connectivity index (χ0n) is 14.9. The van der Waals surface area contributed by atoms with Crippen LogP contribution in [-0.4, -0.2) is 52.2 Å². The lowest BCUT2D eigenvalue weighted by molar-refractivity contribution is -0.132. The van der Waals surface area contributed by atoms with E-state index < -0.39 is 0 Å². The second-order valence-corrected chi connectivity index (χ2v) is 6.56. The van der Waals surface area contributed by atoms with Crippen LogP contribution in [0, 0.1) is 0 Å². The molecular formula is C20H25N3O3. The summed E-state index contributed by atoms with van der Waals surface area (Å²) in [5, 5.41) is 4.20. The Morgan fingerprint density at radius 2 is 2.00 bits per heavy atom. The number of hydrogen-bond acceptors (Lipinski definition) is 4. The molecule has 138 valence electrons. The van der Waals surface area contributed by atoms with Crippen LogP contribution in [0.1, 0.15) is 36.0 Å². The van der Waals surface area contributed by atoms with Gasteiger partial charge in [0.2, 0.25) is 5.91 Å². The van der Waals surface area contributed by atoms with Crippen LogP contribution in [0.25, 0.3) is 0 Å². The first-order chi connectivity index (χ1) is 12.7. The number of nitrogens with zero attached hydrogens (tertiary/aromatic N) is 3. The highest BCUT2D eigenvalue weighted by atomic mass is 16.5. The van der Waals surface area contributed by atoms with Gasteiger partial charge in [-0.2, -0.15) is 5.10 Å². The molecule has 2 heterocycles. The van der Waals surface area contributed by atoms with Gasteiger partial charge in [0.1, 0.15) is 0 Å². The molecule has 1 aliphatic rings. The van der Waals surface area contributed by atoms with Crippen LogP contribution in [0.4, 0.5) is 0 Å². The number of ether oxygens (including phenoxy) is 1. The van der Waals surface area contributed by atoms with E-state index in [4.69, 9.17) is 4.74 Å². The van der Waals surface area contributed by atoms with E-state index in [9.17, 15) is 9.59 Å². The molecule has 1 aliphatic heterocycles. The normalized spacial score (nSPS) is 17.7. The summed E-state index contributed by atoms with van der Waals surface area (Å²) in [4.78, 5) is 26.6. The van der Waals surface area contributed by atoms with Crippen LogP contribution in [0.5, 0.6) is 0 Å². The van der Waals surface area contributed by atoms with E-state index >= 15 is 0 Å². The van der Waals surface area contributed by atoms with Crippen molar-refractivity contribution in [3.8, 4) is 0 Å². The highest BCUT2D eigenvalue weighted by Gasteiger charge is 2.23. The summed E-state index contributed by atoms with van der Waals surface area (Å²) < 4.78 is 7.68. The van der Waals surface area contributed by atoms with Crippen molar-refractivity contribution in [2.75, 3.05) is 19.7 Å². The van der Waals surface area contributed by atoms with Gasteiger partial charge in [0, 0.05) is 50.5 Å². The van der Waals surface area contributed by atoms with E-state index in [0.29, 0.717) is 51.1 Å². The maximum Gasteiger partial charge on any atom is 0.222 e. The van der Waals surface area contributed by atoms with Crippen LogP contribution < -0.4 is 0 Å². The molecule has 0 saturated carbocycles. The minimum atomic E-state index is -0.0488. The van der Waals surface area contributed by atoms with E-state index in [1.807, 2.05) is 52.2 Å². The zero-order chi connectivity index (χ0) is 18.2. The molecule has 1 fully saturated rings. The summed E-state index contributed by atoms with van der Waals surface area (Å²) >= 11 is 0. The Hall–Kier alpha value is -2.47. The van der Waals surface area contributed by atoms with Crippen molar-refractivity contribution in [2.45, 2.75) is 38.3 Å². The monoisotopic (exact) mass is 355 g/mol. The van der Waals surface area contributed by atoms with E-state index in [1.54, 1.807) is 6.20 Å². The largest absolute Gasteiger partial charge is 0.374 e. The molecule has 3 rings (SSSR count). The van der Waals surface area contributed by atoms with Crippen molar-refractivity contribution in [1.82, 2.24) is 14.7 Å². The van der Waals surface area contributed by atoms with Crippen molar-refractivity contribution in [3.05, 3.63) is 54.4 Å². The molecule has 0 aliphatic carbocycles. The van der Waals surface area contributed by atoms with Gasteiger partial charge in [-0.1, -0.05) is 30.3 Å². The molecule has 1 amide bonds. The molecule has 6 heteroatoms. The van der Waals surface area contributed by atoms with Crippen molar-refractivity contribution in [3.63, 3.8) is 0 Å². The van der Waals surface area contributed by atoms with Gasteiger partial charge in [-0.3, -0.25) is 14.3 Å².